The first-order valence-corrected chi connectivity index (χ1v) is 7.01. The van der Waals surface area contributed by atoms with Gasteiger partial charge in [-0.15, -0.1) is 0 Å². The van der Waals surface area contributed by atoms with Gasteiger partial charge in [0.1, 0.15) is 11.4 Å². The van der Waals surface area contributed by atoms with Crippen LogP contribution in [-0.2, 0) is 11.2 Å². The number of aromatic nitrogens is 1. The average Bonchev–Trinajstić information content (AvgIpc) is 2.56. The van der Waals surface area contributed by atoms with Crippen molar-refractivity contribution >= 4 is 11.8 Å². The Bertz CT molecular complexity index is 689. The van der Waals surface area contributed by atoms with Gasteiger partial charge in [0.05, 0.1) is 13.0 Å². The number of ether oxygens (including phenoxy) is 1. The van der Waals surface area contributed by atoms with E-state index in [-0.39, 0.29) is 23.7 Å². The predicted octanol–water partition coefficient (Wildman–Crippen LogP) is 1.62. The molecule has 2 aromatic rings. The summed E-state index contributed by atoms with van der Waals surface area (Å²) in [5.41, 5.74) is 5.45. The van der Waals surface area contributed by atoms with Crippen LogP contribution in [0.2, 0.25) is 0 Å². The summed E-state index contributed by atoms with van der Waals surface area (Å²) in [6, 6.07) is 8.68. The minimum absolute atomic E-state index is 0.0198. The van der Waals surface area contributed by atoms with E-state index >= 15 is 0 Å². The number of hydrogen-bond donors (Lipinski definition) is 2. The molecular formula is C16H16FN3O3. The molecule has 0 atom stereocenters. The van der Waals surface area contributed by atoms with Crippen molar-refractivity contribution in [3.63, 3.8) is 0 Å². The Hall–Kier alpha value is -2.96. The zero-order valence-corrected chi connectivity index (χ0v) is 12.5. The Morgan fingerprint density at radius 2 is 1.91 bits per heavy atom. The highest BCUT2D eigenvalue weighted by molar-refractivity contribution is 5.97. The third-order valence-corrected chi connectivity index (χ3v) is 2.89. The van der Waals surface area contributed by atoms with Gasteiger partial charge in [-0.25, -0.2) is 9.37 Å². The molecule has 1 aromatic heterocycles. The van der Waals surface area contributed by atoms with Crippen LogP contribution in [0.5, 0.6) is 5.88 Å². The number of amides is 2. The van der Waals surface area contributed by atoms with E-state index in [1.807, 2.05) is 0 Å². The minimum atomic E-state index is -0.533. The number of pyridine rings is 1. The summed E-state index contributed by atoms with van der Waals surface area (Å²) >= 11 is 0. The Balaban J connectivity index is 1.91. The summed E-state index contributed by atoms with van der Waals surface area (Å²) in [6.45, 7) is 2.15. The molecule has 0 saturated carbocycles. The second-order valence-corrected chi connectivity index (χ2v) is 4.59. The quantitative estimate of drug-likeness (QED) is 0.821. The van der Waals surface area contributed by atoms with Gasteiger partial charge in [-0.2, -0.15) is 0 Å². The van der Waals surface area contributed by atoms with E-state index in [2.05, 4.69) is 15.8 Å². The van der Waals surface area contributed by atoms with Crippen molar-refractivity contribution in [2.24, 2.45) is 0 Å². The number of hydrogen-bond acceptors (Lipinski definition) is 4. The first-order chi connectivity index (χ1) is 11.1. The molecule has 2 rings (SSSR count). The van der Waals surface area contributed by atoms with Crippen LogP contribution in [-0.4, -0.2) is 23.4 Å². The molecule has 7 heteroatoms. The highest BCUT2D eigenvalue weighted by atomic mass is 19.1. The Kier molecular flexibility index (Phi) is 5.62. The van der Waals surface area contributed by atoms with Crippen LogP contribution in [0.4, 0.5) is 4.39 Å². The van der Waals surface area contributed by atoms with E-state index in [1.165, 1.54) is 30.5 Å². The molecule has 0 aliphatic carbocycles. The summed E-state index contributed by atoms with van der Waals surface area (Å²) in [5.74, 6) is -1.14. The van der Waals surface area contributed by atoms with Crippen LogP contribution in [0.25, 0.3) is 0 Å². The Morgan fingerprint density at radius 1 is 1.17 bits per heavy atom. The number of carbonyl (C=O) groups excluding carboxylic acids is 2. The third-order valence-electron chi connectivity index (χ3n) is 2.89. The van der Waals surface area contributed by atoms with Gasteiger partial charge in [0.25, 0.3) is 5.91 Å². The van der Waals surface area contributed by atoms with E-state index < -0.39 is 11.8 Å². The van der Waals surface area contributed by atoms with E-state index in [0.29, 0.717) is 12.2 Å². The molecule has 1 aromatic carbocycles. The van der Waals surface area contributed by atoms with Crippen LogP contribution in [0.1, 0.15) is 22.8 Å². The molecule has 2 N–H and O–H groups in total. The average molecular weight is 317 g/mol. The Labute approximate surface area is 132 Å². The highest BCUT2D eigenvalue weighted by Gasteiger charge is 2.14. The molecule has 0 saturated heterocycles. The number of halogens is 1. The zero-order chi connectivity index (χ0) is 16.7. The normalized spacial score (nSPS) is 10.0. The lowest BCUT2D eigenvalue weighted by Crippen LogP contribution is -2.42. The van der Waals surface area contributed by atoms with Crippen molar-refractivity contribution in [2.45, 2.75) is 13.3 Å². The molecule has 0 fully saturated rings. The fourth-order valence-corrected chi connectivity index (χ4v) is 1.84. The van der Waals surface area contributed by atoms with Gasteiger partial charge in [0, 0.05) is 6.20 Å². The molecule has 0 spiro atoms. The SMILES string of the molecule is CCOc1ncccc1C(=O)NNC(=O)Cc1ccc(F)cc1. The summed E-state index contributed by atoms with van der Waals surface area (Å²) in [7, 11) is 0. The fourth-order valence-electron chi connectivity index (χ4n) is 1.84. The lowest BCUT2D eigenvalue weighted by Gasteiger charge is -2.10. The highest BCUT2D eigenvalue weighted by Crippen LogP contribution is 2.13. The monoisotopic (exact) mass is 317 g/mol. The van der Waals surface area contributed by atoms with E-state index in [1.54, 1.807) is 19.1 Å². The molecule has 0 aliphatic heterocycles. The molecule has 120 valence electrons. The lowest BCUT2D eigenvalue weighted by molar-refractivity contribution is -0.121. The smallest absolute Gasteiger partial charge is 0.275 e. The van der Waals surface area contributed by atoms with Crippen LogP contribution < -0.4 is 15.6 Å². The number of carbonyl (C=O) groups is 2. The van der Waals surface area contributed by atoms with Crippen molar-refractivity contribution in [3.8, 4) is 5.88 Å². The van der Waals surface area contributed by atoms with Gasteiger partial charge in [-0.1, -0.05) is 12.1 Å². The molecule has 0 bridgehead atoms. The number of nitrogens with zero attached hydrogens (tertiary/aromatic N) is 1. The second kappa shape index (κ2) is 7.88. The predicted molar refractivity (Wildman–Crippen MR) is 81.1 cm³/mol. The van der Waals surface area contributed by atoms with Crippen LogP contribution in [0.15, 0.2) is 42.6 Å². The maximum Gasteiger partial charge on any atom is 0.275 e. The van der Waals surface area contributed by atoms with Gasteiger partial charge in [0.2, 0.25) is 11.8 Å². The van der Waals surface area contributed by atoms with E-state index in [0.717, 1.165) is 0 Å². The molecule has 6 nitrogen and oxygen atoms in total. The maximum absolute atomic E-state index is 12.8. The summed E-state index contributed by atoms with van der Waals surface area (Å²) in [6.07, 6.45) is 1.53. The molecule has 1 heterocycles. The molecule has 0 radical (unpaired) electrons. The first kappa shape index (κ1) is 16.4. The molecule has 2 amide bonds. The summed E-state index contributed by atoms with van der Waals surface area (Å²) in [5, 5.41) is 0. The van der Waals surface area contributed by atoms with Gasteiger partial charge in [0.15, 0.2) is 0 Å². The number of hydrazine groups is 1. The topological polar surface area (TPSA) is 80.3 Å². The molecular weight excluding hydrogens is 301 g/mol. The van der Waals surface area contributed by atoms with Gasteiger partial charge < -0.3 is 4.74 Å². The van der Waals surface area contributed by atoms with Crippen LogP contribution in [0.3, 0.4) is 0 Å². The van der Waals surface area contributed by atoms with Crippen LogP contribution >= 0.6 is 0 Å². The van der Waals surface area contributed by atoms with Crippen molar-refractivity contribution in [1.82, 2.24) is 15.8 Å². The van der Waals surface area contributed by atoms with Crippen molar-refractivity contribution in [2.75, 3.05) is 6.61 Å². The number of nitrogens with one attached hydrogen (secondary N) is 2. The zero-order valence-electron chi connectivity index (χ0n) is 12.5. The summed E-state index contributed by atoms with van der Waals surface area (Å²) < 4.78 is 18.0. The third kappa shape index (κ3) is 4.77. The van der Waals surface area contributed by atoms with Crippen molar-refractivity contribution in [1.29, 1.82) is 0 Å². The number of benzene rings is 1. The molecule has 23 heavy (non-hydrogen) atoms. The lowest BCUT2D eigenvalue weighted by atomic mass is 10.1. The fraction of sp³-hybridized carbons (Fsp3) is 0.188. The van der Waals surface area contributed by atoms with Gasteiger partial charge >= 0.3 is 0 Å². The largest absolute Gasteiger partial charge is 0.477 e. The van der Waals surface area contributed by atoms with E-state index in [9.17, 15) is 14.0 Å². The second-order valence-electron chi connectivity index (χ2n) is 4.59. The maximum atomic E-state index is 12.8. The first-order valence-electron chi connectivity index (χ1n) is 7.01. The molecule has 0 aliphatic rings. The van der Waals surface area contributed by atoms with Gasteiger partial charge in [-0.05, 0) is 36.8 Å². The number of rotatable bonds is 5. The standard InChI is InChI=1S/C16H16FN3O3/c1-2-23-16-13(4-3-9-18-16)15(22)20-19-14(21)10-11-5-7-12(17)8-6-11/h3-9H,2,10H2,1H3,(H,19,21)(H,20,22). The van der Waals surface area contributed by atoms with Crippen molar-refractivity contribution < 1.29 is 18.7 Å². The Morgan fingerprint density at radius 3 is 2.61 bits per heavy atom. The minimum Gasteiger partial charge on any atom is -0.477 e. The summed E-state index contributed by atoms with van der Waals surface area (Å²) in [4.78, 5) is 27.8. The van der Waals surface area contributed by atoms with E-state index in [4.69, 9.17) is 4.74 Å². The molecule has 0 unspecified atom stereocenters. The van der Waals surface area contributed by atoms with Gasteiger partial charge in [-0.3, -0.25) is 20.4 Å². The van der Waals surface area contributed by atoms with Crippen LogP contribution in [0, 0.1) is 5.82 Å². The van der Waals surface area contributed by atoms with Crippen molar-refractivity contribution in [3.05, 3.63) is 59.5 Å².